The Labute approximate surface area is 117 Å². The summed E-state index contributed by atoms with van der Waals surface area (Å²) in [4.78, 5) is 2.34. The van der Waals surface area contributed by atoms with Gasteiger partial charge in [-0.15, -0.1) is 0 Å². The Kier molecular flexibility index (Phi) is 7.71. The second-order valence-corrected chi connectivity index (χ2v) is 5.01. The van der Waals surface area contributed by atoms with Crippen molar-refractivity contribution in [1.82, 2.24) is 0 Å². The molecule has 3 nitrogen and oxygen atoms in total. The van der Waals surface area contributed by atoms with Crippen LogP contribution in [0.2, 0.25) is 0 Å². The lowest BCUT2D eigenvalue weighted by Crippen LogP contribution is -2.28. The molecule has 3 heteroatoms. The van der Waals surface area contributed by atoms with E-state index in [0.29, 0.717) is 6.42 Å². The fourth-order valence-corrected chi connectivity index (χ4v) is 2.17. The Morgan fingerprint density at radius 3 is 2.37 bits per heavy atom. The summed E-state index contributed by atoms with van der Waals surface area (Å²) < 4.78 is 0. The third-order valence-electron chi connectivity index (χ3n) is 3.30. The van der Waals surface area contributed by atoms with Crippen molar-refractivity contribution in [3.8, 4) is 0 Å². The summed E-state index contributed by atoms with van der Waals surface area (Å²) >= 11 is 0. The van der Waals surface area contributed by atoms with Gasteiger partial charge in [0, 0.05) is 25.2 Å². The number of nitrogens with zero attached hydrogens (tertiary/aromatic N) is 1. The Balaban J connectivity index is 2.43. The van der Waals surface area contributed by atoms with Crippen LogP contribution in [-0.4, -0.2) is 18.9 Å². The van der Waals surface area contributed by atoms with E-state index < -0.39 is 0 Å². The number of benzene rings is 1. The van der Waals surface area contributed by atoms with Gasteiger partial charge in [-0.05, 0) is 18.6 Å². The van der Waals surface area contributed by atoms with Crippen LogP contribution in [0.15, 0.2) is 30.3 Å². The fourth-order valence-electron chi connectivity index (χ4n) is 2.17. The first kappa shape index (κ1) is 15.5. The summed E-state index contributed by atoms with van der Waals surface area (Å²) in [7, 11) is 0. The SMILES string of the molecule is CCCCCCCN(CCC(=N)N)c1ccccc1. The number of hydrogen-bond donors (Lipinski definition) is 2. The molecule has 0 saturated carbocycles. The molecule has 0 fully saturated rings. The first-order chi connectivity index (χ1) is 9.24. The van der Waals surface area contributed by atoms with E-state index in [2.05, 4.69) is 36.1 Å². The molecule has 0 unspecified atom stereocenters. The highest BCUT2D eigenvalue weighted by atomic mass is 15.1. The van der Waals surface area contributed by atoms with Crippen molar-refractivity contribution in [2.45, 2.75) is 45.4 Å². The number of unbranched alkanes of at least 4 members (excludes halogenated alkanes) is 4. The van der Waals surface area contributed by atoms with Crippen molar-refractivity contribution in [3.05, 3.63) is 30.3 Å². The molecule has 0 amide bonds. The van der Waals surface area contributed by atoms with Gasteiger partial charge < -0.3 is 10.6 Å². The molecule has 1 aromatic rings. The van der Waals surface area contributed by atoms with Gasteiger partial charge in [-0.1, -0.05) is 50.8 Å². The van der Waals surface area contributed by atoms with Gasteiger partial charge in [0.1, 0.15) is 0 Å². The summed E-state index contributed by atoms with van der Waals surface area (Å²) in [5.41, 5.74) is 6.71. The van der Waals surface area contributed by atoms with Crippen molar-refractivity contribution < 1.29 is 0 Å². The number of nitrogens with one attached hydrogen (secondary N) is 1. The molecule has 1 rings (SSSR count). The third-order valence-corrected chi connectivity index (χ3v) is 3.30. The fraction of sp³-hybridized carbons (Fsp3) is 0.562. The maximum absolute atomic E-state index is 7.37. The van der Waals surface area contributed by atoms with Crippen molar-refractivity contribution >= 4 is 11.5 Å². The number of rotatable bonds is 10. The number of nitrogens with two attached hydrogens (primary N) is 1. The minimum absolute atomic E-state index is 0.270. The summed E-state index contributed by atoms with van der Waals surface area (Å²) in [6, 6.07) is 10.4. The molecule has 1 aromatic carbocycles. The lowest BCUT2D eigenvalue weighted by atomic mass is 10.1. The third kappa shape index (κ3) is 6.85. The van der Waals surface area contributed by atoms with Crippen LogP contribution in [0, 0.1) is 5.41 Å². The van der Waals surface area contributed by atoms with Crippen LogP contribution in [0.5, 0.6) is 0 Å². The predicted octanol–water partition coefficient (Wildman–Crippen LogP) is 3.79. The van der Waals surface area contributed by atoms with Crippen LogP contribution in [0.1, 0.15) is 45.4 Å². The van der Waals surface area contributed by atoms with Gasteiger partial charge in [0.05, 0.1) is 5.84 Å². The van der Waals surface area contributed by atoms with Gasteiger partial charge in [0.2, 0.25) is 0 Å². The summed E-state index contributed by atoms with van der Waals surface area (Å²) in [5.74, 6) is 0.270. The molecule has 0 radical (unpaired) electrons. The second-order valence-electron chi connectivity index (χ2n) is 5.01. The predicted molar refractivity (Wildman–Crippen MR) is 83.9 cm³/mol. The smallest absolute Gasteiger partial charge is 0.0923 e. The van der Waals surface area contributed by atoms with Crippen LogP contribution in [0.4, 0.5) is 5.69 Å². The molecule has 3 N–H and O–H groups in total. The number of anilines is 1. The van der Waals surface area contributed by atoms with Crippen LogP contribution in [-0.2, 0) is 0 Å². The second kappa shape index (κ2) is 9.42. The van der Waals surface area contributed by atoms with Crippen LogP contribution in [0.25, 0.3) is 0 Å². The van der Waals surface area contributed by atoms with E-state index in [4.69, 9.17) is 11.1 Å². The standard InChI is InChI=1S/C16H27N3/c1-2-3-4-5-9-13-19(14-12-16(17)18)15-10-7-6-8-11-15/h6-8,10-11H,2-5,9,12-14H2,1H3,(H3,17,18). The highest BCUT2D eigenvalue weighted by Crippen LogP contribution is 2.15. The van der Waals surface area contributed by atoms with Crippen LogP contribution >= 0.6 is 0 Å². The maximum atomic E-state index is 7.37. The Morgan fingerprint density at radius 1 is 1.05 bits per heavy atom. The van der Waals surface area contributed by atoms with E-state index in [1.165, 1.54) is 37.8 Å². The molecule has 0 aliphatic heterocycles. The Morgan fingerprint density at radius 2 is 1.74 bits per heavy atom. The summed E-state index contributed by atoms with van der Waals surface area (Å²) in [6.07, 6.45) is 7.09. The van der Waals surface area contributed by atoms with E-state index in [1.54, 1.807) is 0 Å². The zero-order valence-electron chi connectivity index (χ0n) is 12.1. The molecular weight excluding hydrogens is 234 g/mol. The normalized spacial score (nSPS) is 10.4. The van der Waals surface area contributed by atoms with Gasteiger partial charge in [0.25, 0.3) is 0 Å². The van der Waals surface area contributed by atoms with E-state index in [-0.39, 0.29) is 5.84 Å². The largest absolute Gasteiger partial charge is 0.388 e. The van der Waals surface area contributed by atoms with Gasteiger partial charge in [-0.3, -0.25) is 5.41 Å². The minimum Gasteiger partial charge on any atom is -0.388 e. The number of amidine groups is 1. The molecule has 0 aliphatic rings. The Hall–Kier alpha value is -1.51. The molecule has 0 saturated heterocycles. The van der Waals surface area contributed by atoms with Crippen LogP contribution < -0.4 is 10.6 Å². The highest BCUT2D eigenvalue weighted by Gasteiger charge is 2.06. The molecule has 19 heavy (non-hydrogen) atoms. The van der Waals surface area contributed by atoms with Gasteiger partial charge in [-0.2, -0.15) is 0 Å². The van der Waals surface area contributed by atoms with E-state index in [9.17, 15) is 0 Å². The molecule has 0 aromatic heterocycles. The van der Waals surface area contributed by atoms with Crippen LogP contribution in [0.3, 0.4) is 0 Å². The number of hydrogen-bond acceptors (Lipinski definition) is 2. The monoisotopic (exact) mass is 261 g/mol. The molecule has 0 spiro atoms. The summed E-state index contributed by atoms with van der Waals surface area (Å²) in [5, 5.41) is 7.37. The van der Waals surface area contributed by atoms with Gasteiger partial charge in [-0.25, -0.2) is 0 Å². The van der Waals surface area contributed by atoms with Crippen molar-refractivity contribution in [1.29, 1.82) is 5.41 Å². The molecule has 0 atom stereocenters. The average Bonchev–Trinajstić information content (AvgIpc) is 2.42. The zero-order valence-corrected chi connectivity index (χ0v) is 12.1. The molecular formula is C16H27N3. The van der Waals surface area contributed by atoms with Crippen molar-refractivity contribution in [2.24, 2.45) is 5.73 Å². The minimum atomic E-state index is 0.270. The van der Waals surface area contributed by atoms with E-state index in [0.717, 1.165) is 13.1 Å². The topological polar surface area (TPSA) is 53.1 Å². The van der Waals surface area contributed by atoms with E-state index >= 15 is 0 Å². The van der Waals surface area contributed by atoms with Crippen molar-refractivity contribution in [3.63, 3.8) is 0 Å². The molecule has 0 bridgehead atoms. The lowest BCUT2D eigenvalue weighted by molar-refractivity contribution is 0.619. The van der Waals surface area contributed by atoms with E-state index in [1.807, 2.05) is 6.07 Å². The zero-order chi connectivity index (χ0) is 13.9. The lowest BCUT2D eigenvalue weighted by Gasteiger charge is -2.24. The first-order valence-corrected chi connectivity index (χ1v) is 7.37. The average molecular weight is 261 g/mol. The molecule has 106 valence electrons. The highest BCUT2D eigenvalue weighted by molar-refractivity contribution is 5.77. The quantitative estimate of drug-likeness (QED) is 0.382. The molecule has 0 aliphatic carbocycles. The molecule has 0 heterocycles. The first-order valence-electron chi connectivity index (χ1n) is 7.37. The van der Waals surface area contributed by atoms with Crippen molar-refractivity contribution in [2.75, 3.05) is 18.0 Å². The summed E-state index contributed by atoms with van der Waals surface area (Å²) in [6.45, 7) is 4.14. The van der Waals surface area contributed by atoms with Gasteiger partial charge in [0.15, 0.2) is 0 Å². The van der Waals surface area contributed by atoms with Gasteiger partial charge >= 0.3 is 0 Å². The number of para-hydroxylation sites is 1. The maximum Gasteiger partial charge on any atom is 0.0923 e. The Bertz CT molecular complexity index is 348.